The van der Waals surface area contributed by atoms with Crippen LogP contribution in [0.15, 0.2) is 16.7 Å². The fourth-order valence-electron chi connectivity index (χ4n) is 2.43. The van der Waals surface area contributed by atoms with Crippen LogP contribution in [-0.4, -0.2) is 23.5 Å². The van der Waals surface area contributed by atoms with Crippen LogP contribution in [0.25, 0.3) is 0 Å². The van der Waals surface area contributed by atoms with Gasteiger partial charge in [-0.3, -0.25) is 4.90 Å². The van der Waals surface area contributed by atoms with Gasteiger partial charge in [-0.15, -0.1) is 0 Å². The van der Waals surface area contributed by atoms with E-state index in [-0.39, 0.29) is 5.54 Å². The minimum atomic E-state index is 0.138. The zero-order chi connectivity index (χ0) is 16.0. The van der Waals surface area contributed by atoms with Crippen molar-refractivity contribution >= 4 is 0 Å². The average Bonchev–Trinajstić information content (AvgIpc) is 2.71. The Hall–Kier alpha value is -0.800. The van der Waals surface area contributed by atoms with Crippen LogP contribution in [0.3, 0.4) is 0 Å². The molecule has 0 aromatic carbocycles. The number of hydrogen-bond donors (Lipinski definition) is 1. The van der Waals surface area contributed by atoms with Crippen molar-refractivity contribution in [1.82, 2.24) is 10.2 Å². The van der Waals surface area contributed by atoms with Gasteiger partial charge in [0.1, 0.15) is 5.76 Å². The zero-order valence-corrected chi connectivity index (χ0v) is 15.0. The van der Waals surface area contributed by atoms with Crippen molar-refractivity contribution in [3.63, 3.8) is 0 Å². The molecular formula is C18H34N2O. The monoisotopic (exact) mass is 294 g/mol. The molecule has 1 rings (SSSR count). The van der Waals surface area contributed by atoms with Gasteiger partial charge in [-0.25, -0.2) is 0 Å². The largest absolute Gasteiger partial charge is 0.468 e. The van der Waals surface area contributed by atoms with Crippen LogP contribution >= 0.6 is 0 Å². The van der Waals surface area contributed by atoms with E-state index in [1.165, 1.54) is 5.56 Å². The van der Waals surface area contributed by atoms with E-state index in [2.05, 4.69) is 64.7 Å². The average molecular weight is 294 g/mol. The number of rotatable bonds is 8. The van der Waals surface area contributed by atoms with E-state index in [1.807, 2.05) is 6.26 Å². The van der Waals surface area contributed by atoms with Crippen LogP contribution in [0.1, 0.15) is 59.8 Å². The summed E-state index contributed by atoms with van der Waals surface area (Å²) in [6.07, 6.45) is 1.89. The lowest BCUT2D eigenvalue weighted by atomic mass is 10.1. The van der Waals surface area contributed by atoms with Crippen LogP contribution in [0.5, 0.6) is 0 Å². The molecule has 0 bridgehead atoms. The van der Waals surface area contributed by atoms with Crippen LogP contribution < -0.4 is 5.32 Å². The third-order valence-electron chi connectivity index (χ3n) is 3.16. The van der Waals surface area contributed by atoms with Crippen LogP contribution in [-0.2, 0) is 13.1 Å². The highest BCUT2D eigenvalue weighted by atomic mass is 16.3. The Bertz CT molecular complexity index is 392. The lowest BCUT2D eigenvalue weighted by Gasteiger charge is -2.25. The molecule has 1 aromatic rings. The van der Waals surface area contributed by atoms with Crippen LogP contribution in [0, 0.1) is 11.8 Å². The predicted molar refractivity (Wildman–Crippen MR) is 90.3 cm³/mol. The minimum absolute atomic E-state index is 0.138. The van der Waals surface area contributed by atoms with Crippen molar-refractivity contribution in [2.75, 3.05) is 13.1 Å². The van der Waals surface area contributed by atoms with E-state index >= 15 is 0 Å². The summed E-state index contributed by atoms with van der Waals surface area (Å²) in [5.41, 5.74) is 1.37. The fourth-order valence-corrected chi connectivity index (χ4v) is 2.43. The maximum absolute atomic E-state index is 5.74. The molecular weight excluding hydrogens is 260 g/mol. The summed E-state index contributed by atoms with van der Waals surface area (Å²) in [7, 11) is 0. The predicted octanol–water partition coefficient (Wildman–Crippen LogP) is 4.28. The van der Waals surface area contributed by atoms with Gasteiger partial charge in [-0.2, -0.15) is 0 Å². The van der Waals surface area contributed by atoms with Gasteiger partial charge in [0, 0.05) is 30.7 Å². The fraction of sp³-hybridized carbons (Fsp3) is 0.778. The number of furan rings is 1. The second kappa shape index (κ2) is 8.00. The first-order valence-electron chi connectivity index (χ1n) is 8.19. The van der Waals surface area contributed by atoms with Crippen LogP contribution in [0.4, 0.5) is 0 Å². The van der Waals surface area contributed by atoms with Gasteiger partial charge < -0.3 is 9.73 Å². The van der Waals surface area contributed by atoms with Gasteiger partial charge in [0.2, 0.25) is 0 Å². The first kappa shape index (κ1) is 18.2. The molecule has 21 heavy (non-hydrogen) atoms. The zero-order valence-electron chi connectivity index (χ0n) is 15.0. The summed E-state index contributed by atoms with van der Waals surface area (Å²) in [5, 5.41) is 3.50. The molecule has 3 nitrogen and oxygen atoms in total. The lowest BCUT2D eigenvalue weighted by molar-refractivity contribution is 0.197. The summed E-state index contributed by atoms with van der Waals surface area (Å²) >= 11 is 0. The minimum Gasteiger partial charge on any atom is -0.468 e. The molecule has 0 aliphatic carbocycles. The van der Waals surface area contributed by atoms with Crippen molar-refractivity contribution in [1.29, 1.82) is 0 Å². The summed E-state index contributed by atoms with van der Waals surface area (Å²) in [6, 6.07) is 2.19. The second-order valence-electron chi connectivity index (χ2n) is 8.01. The van der Waals surface area contributed by atoms with Crippen molar-refractivity contribution in [2.24, 2.45) is 11.8 Å². The molecule has 0 saturated carbocycles. The summed E-state index contributed by atoms with van der Waals surface area (Å²) in [6.45, 7) is 19.6. The number of nitrogens with one attached hydrogen (secondary N) is 1. The third kappa shape index (κ3) is 8.27. The molecule has 0 atom stereocenters. The Morgan fingerprint density at radius 1 is 1.10 bits per heavy atom. The highest BCUT2D eigenvalue weighted by Crippen LogP contribution is 2.14. The molecule has 0 spiro atoms. The Morgan fingerprint density at radius 3 is 2.14 bits per heavy atom. The van der Waals surface area contributed by atoms with E-state index in [4.69, 9.17) is 4.42 Å². The summed E-state index contributed by atoms with van der Waals surface area (Å²) in [4.78, 5) is 2.50. The Labute approximate surface area is 131 Å². The molecule has 0 amide bonds. The van der Waals surface area contributed by atoms with Gasteiger partial charge in [-0.05, 0) is 38.7 Å². The van der Waals surface area contributed by atoms with Gasteiger partial charge in [0.15, 0.2) is 0 Å². The van der Waals surface area contributed by atoms with Gasteiger partial charge in [0.25, 0.3) is 0 Å². The van der Waals surface area contributed by atoms with Crippen molar-refractivity contribution in [3.8, 4) is 0 Å². The third-order valence-corrected chi connectivity index (χ3v) is 3.16. The van der Waals surface area contributed by atoms with E-state index in [1.54, 1.807) is 0 Å². The number of nitrogens with zero attached hydrogens (tertiary/aromatic N) is 1. The summed E-state index contributed by atoms with van der Waals surface area (Å²) < 4.78 is 5.74. The highest BCUT2D eigenvalue weighted by molar-refractivity contribution is 5.13. The molecule has 3 heteroatoms. The quantitative estimate of drug-likeness (QED) is 0.775. The molecule has 0 aliphatic rings. The molecule has 0 saturated heterocycles. The van der Waals surface area contributed by atoms with E-state index in [0.29, 0.717) is 11.8 Å². The van der Waals surface area contributed by atoms with Crippen LogP contribution in [0.2, 0.25) is 0 Å². The Morgan fingerprint density at radius 2 is 1.67 bits per heavy atom. The Balaban J connectivity index is 2.57. The highest BCUT2D eigenvalue weighted by Gasteiger charge is 2.14. The normalized spacial score (nSPS) is 12.9. The number of hydrogen-bond acceptors (Lipinski definition) is 3. The van der Waals surface area contributed by atoms with Crippen molar-refractivity contribution in [3.05, 3.63) is 23.7 Å². The second-order valence-corrected chi connectivity index (χ2v) is 8.01. The topological polar surface area (TPSA) is 28.4 Å². The maximum Gasteiger partial charge on any atom is 0.118 e. The molecule has 1 aromatic heterocycles. The van der Waals surface area contributed by atoms with Crippen molar-refractivity contribution in [2.45, 2.75) is 67.1 Å². The molecule has 1 N–H and O–H groups in total. The molecule has 0 radical (unpaired) electrons. The summed E-state index contributed by atoms with van der Waals surface area (Å²) in [5.74, 6) is 2.43. The SMILES string of the molecule is CC(C)CN(Cc1cc(CNC(C)(C)C)co1)CC(C)C. The van der Waals surface area contributed by atoms with E-state index in [0.717, 1.165) is 31.9 Å². The molecule has 0 unspecified atom stereocenters. The molecule has 0 fully saturated rings. The van der Waals surface area contributed by atoms with Crippen molar-refractivity contribution < 1.29 is 4.42 Å². The van der Waals surface area contributed by atoms with Gasteiger partial charge in [0.05, 0.1) is 12.8 Å². The molecule has 1 heterocycles. The first-order chi connectivity index (χ1) is 9.65. The lowest BCUT2D eigenvalue weighted by Crippen LogP contribution is -2.34. The van der Waals surface area contributed by atoms with E-state index in [9.17, 15) is 0 Å². The molecule has 0 aliphatic heterocycles. The van der Waals surface area contributed by atoms with E-state index < -0.39 is 0 Å². The van der Waals surface area contributed by atoms with Gasteiger partial charge >= 0.3 is 0 Å². The molecule has 122 valence electrons. The first-order valence-corrected chi connectivity index (χ1v) is 8.19. The maximum atomic E-state index is 5.74. The van der Waals surface area contributed by atoms with Gasteiger partial charge in [-0.1, -0.05) is 27.7 Å². The smallest absolute Gasteiger partial charge is 0.118 e. The Kier molecular flexibility index (Phi) is 6.95. The standard InChI is InChI=1S/C18H34N2O/c1-14(2)10-20(11-15(3)4)12-17-8-16(13-21-17)9-19-18(5,6)7/h8,13-15,19H,9-12H2,1-7H3.